The third-order valence-corrected chi connectivity index (χ3v) is 4.57. The largest absolute Gasteiger partial charge is 0.412 e. The van der Waals surface area contributed by atoms with Crippen molar-refractivity contribution in [2.24, 2.45) is 0 Å². The van der Waals surface area contributed by atoms with Crippen molar-refractivity contribution < 1.29 is 5.48 Å². The molecule has 2 unspecified atom stereocenters. The van der Waals surface area contributed by atoms with Crippen LogP contribution < -0.4 is 11.1 Å². The molecule has 4 rings (SSSR count). The fourth-order valence-corrected chi connectivity index (χ4v) is 3.36. The van der Waals surface area contributed by atoms with E-state index in [4.69, 9.17) is 10.7 Å². The van der Waals surface area contributed by atoms with Crippen molar-refractivity contribution in [2.75, 3.05) is 12.3 Å². The molecular weight excluding hydrogens is 338 g/mol. The molecule has 1 aliphatic heterocycles. The van der Waals surface area contributed by atoms with Crippen molar-refractivity contribution in [2.45, 2.75) is 31.7 Å². The van der Waals surface area contributed by atoms with Gasteiger partial charge >= 0.3 is 0 Å². The van der Waals surface area contributed by atoms with Crippen LogP contribution in [0.2, 0.25) is 0 Å². The molecule has 1 aliphatic rings. The molecule has 0 saturated carbocycles. The van der Waals surface area contributed by atoms with E-state index in [2.05, 4.69) is 28.3 Å². The first-order valence-corrected chi connectivity index (χ1v) is 8.14. The molecule has 0 aliphatic carbocycles. The molecule has 6 nitrogen and oxygen atoms in total. The van der Waals surface area contributed by atoms with Gasteiger partial charge in [-0.2, -0.15) is 0 Å². The first-order chi connectivity index (χ1) is 11.2. The Kier molecular flexibility index (Phi) is 6.00. The molecule has 2 aromatic heterocycles. The summed E-state index contributed by atoms with van der Waals surface area (Å²) in [6.07, 6.45) is 4.10. The van der Waals surface area contributed by atoms with Crippen LogP contribution in [0.5, 0.6) is 0 Å². The third-order valence-electron chi connectivity index (χ3n) is 4.57. The summed E-state index contributed by atoms with van der Waals surface area (Å²) < 4.78 is 0. The SMILES string of the molecule is CC1CC(c2ncc3[nH]c(-c4cccc(N)c4)cc3n2)CCN1.Cl.O. The lowest BCUT2D eigenvalue weighted by Gasteiger charge is -2.26. The van der Waals surface area contributed by atoms with E-state index in [1.807, 2.05) is 30.5 Å². The van der Waals surface area contributed by atoms with Crippen molar-refractivity contribution >= 4 is 29.1 Å². The zero-order valence-electron chi connectivity index (χ0n) is 14.1. The molecule has 0 bridgehead atoms. The van der Waals surface area contributed by atoms with E-state index in [1.165, 1.54) is 0 Å². The Morgan fingerprint density at radius 2 is 2.08 bits per heavy atom. The van der Waals surface area contributed by atoms with E-state index in [-0.39, 0.29) is 17.9 Å². The minimum atomic E-state index is 0. The summed E-state index contributed by atoms with van der Waals surface area (Å²) in [5.74, 6) is 1.41. The van der Waals surface area contributed by atoms with Crippen molar-refractivity contribution in [3.8, 4) is 11.3 Å². The molecule has 3 heterocycles. The number of hydrogen-bond acceptors (Lipinski definition) is 4. The van der Waals surface area contributed by atoms with Gasteiger partial charge in [0.25, 0.3) is 0 Å². The number of benzene rings is 1. The van der Waals surface area contributed by atoms with Gasteiger partial charge in [-0.1, -0.05) is 12.1 Å². The predicted molar refractivity (Wildman–Crippen MR) is 104 cm³/mol. The van der Waals surface area contributed by atoms with Crippen molar-refractivity contribution in [1.82, 2.24) is 20.3 Å². The van der Waals surface area contributed by atoms with Crippen LogP contribution in [-0.4, -0.2) is 33.0 Å². The number of nitrogens with two attached hydrogens (primary N) is 1. The first-order valence-electron chi connectivity index (χ1n) is 8.14. The molecule has 1 saturated heterocycles. The molecule has 0 amide bonds. The van der Waals surface area contributed by atoms with Crippen molar-refractivity contribution in [1.29, 1.82) is 0 Å². The number of rotatable bonds is 2. The zero-order chi connectivity index (χ0) is 15.8. The average molecular weight is 362 g/mol. The zero-order valence-corrected chi connectivity index (χ0v) is 14.9. The van der Waals surface area contributed by atoms with Crippen LogP contribution in [0, 0.1) is 0 Å². The molecule has 1 aromatic carbocycles. The lowest BCUT2D eigenvalue weighted by molar-refractivity contribution is 0.371. The van der Waals surface area contributed by atoms with Gasteiger partial charge in [0.2, 0.25) is 0 Å². The van der Waals surface area contributed by atoms with E-state index in [0.717, 1.165) is 53.2 Å². The Morgan fingerprint density at radius 3 is 2.84 bits per heavy atom. The molecular formula is C18H24ClN5O. The monoisotopic (exact) mass is 361 g/mol. The number of fused-ring (bicyclic) bond motifs is 1. The number of aromatic amines is 1. The highest BCUT2D eigenvalue weighted by atomic mass is 35.5. The molecule has 134 valence electrons. The standard InChI is InChI=1S/C18H21N5.ClH.H2O/c1-11-7-13(5-6-20-11)18-21-10-17-16(23-18)9-15(22-17)12-3-2-4-14(19)8-12;;/h2-4,8-11,13,20,22H,5-7,19H2,1H3;1H;1H2. The van der Waals surface area contributed by atoms with E-state index >= 15 is 0 Å². The van der Waals surface area contributed by atoms with Gasteiger partial charge in [-0.3, -0.25) is 0 Å². The van der Waals surface area contributed by atoms with E-state index < -0.39 is 0 Å². The number of hydrogen-bond donors (Lipinski definition) is 3. The van der Waals surface area contributed by atoms with Crippen molar-refractivity contribution in [3.63, 3.8) is 0 Å². The quantitative estimate of drug-likeness (QED) is 0.609. The number of nitrogens with one attached hydrogen (secondary N) is 2. The first kappa shape index (κ1) is 19.2. The highest BCUT2D eigenvalue weighted by Gasteiger charge is 2.22. The number of nitrogen functional groups attached to an aromatic ring is 1. The molecule has 25 heavy (non-hydrogen) atoms. The van der Waals surface area contributed by atoms with Crippen LogP contribution in [0.4, 0.5) is 5.69 Å². The third kappa shape index (κ3) is 3.92. The van der Waals surface area contributed by atoms with Gasteiger partial charge in [0.15, 0.2) is 0 Å². The molecule has 1 fully saturated rings. The Hall–Kier alpha value is -2.15. The normalized spacial score (nSPS) is 19.9. The second-order valence-electron chi connectivity index (χ2n) is 6.41. The predicted octanol–water partition coefficient (Wildman–Crippen LogP) is 2.66. The van der Waals surface area contributed by atoms with Crippen LogP contribution in [0.3, 0.4) is 0 Å². The van der Waals surface area contributed by atoms with Gasteiger partial charge in [0.05, 0.1) is 17.2 Å². The molecule has 0 radical (unpaired) electrons. The summed E-state index contributed by atoms with van der Waals surface area (Å²) >= 11 is 0. The van der Waals surface area contributed by atoms with Gasteiger partial charge in [-0.25, -0.2) is 9.97 Å². The minimum absolute atomic E-state index is 0. The highest BCUT2D eigenvalue weighted by molar-refractivity contribution is 5.85. The smallest absolute Gasteiger partial charge is 0.132 e. The topological polar surface area (TPSA) is 111 Å². The number of piperidine rings is 1. The number of H-pyrrole nitrogens is 1. The van der Waals surface area contributed by atoms with E-state index in [1.54, 1.807) is 0 Å². The van der Waals surface area contributed by atoms with Crippen LogP contribution in [0.25, 0.3) is 22.3 Å². The Morgan fingerprint density at radius 1 is 1.24 bits per heavy atom. The molecule has 3 aromatic rings. The minimum Gasteiger partial charge on any atom is -0.412 e. The average Bonchev–Trinajstić information content (AvgIpc) is 2.98. The maximum atomic E-state index is 5.88. The maximum Gasteiger partial charge on any atom is 0.132 e. The van der Waals surface area contributed by atoms with Gasteiger partial charge in [-0.15, -0.1) is 12.4 Å². The lowest BCUT2D eigenvalue weighted by atomic mass is 9.92. The number of aromatic nitrogens is 3. The number of halogens is 1. The van der Waals surface area contributed by atoms with Gasteiger partial charge in [0, 0.05) is 28.9 Å². The van der Waals surface area contributed by atoms with Gasteiger partial charge in [-0.05, 0) is 44.5 Å². The van der Waals surface area contributed by atoms with Crippen LogP contribution in [0.15, 0.2) is 36.5 Å². The summed E-state index contributed by atoms with van der Waals surface area (Å²) in [7, 11) is 0. The Bertz CT molecular complexity index is 850. The Balaban J connectivity index is 0.00000113. The van der Waals surface area contributed by atoms with E-state index in [9.17, 15) is 0 Å². The number of nitrogens with zero attached hydrogens (tertiary/aromatic N) is 2. The second-order valence-corrected chi connectivity index (χ2v) is 6.41. The number of anilines is 1. The fourth-order valence-electron chi connectivity index (χ4n) is 3.36. The van der Waals surface area contributed by atoms with Crippen LogP contribution in [-0.2, 0) is 0 Å². The second kappa shape index (κ2) is 7.82. The van der Waals surface area contributed by atoms with Crippen LogP contribution >= 0.6 is 12.4 Å². The summed E-state index contributed by atoms with van der Waals surface area (Å²) in [5, 5.41) is 3.48. The lowest BCUT2D eigenvalue weighted by Crippen LogP contribution is -2.35. The van der Waals surface area contributed by atoms with Crippen LogP contribution in [0.1, 0.15) is 31.5 Å². The molecule has 6 N–H and O–H groups in total. The van der Waals surface area contributed by atoms with Gasteiger partial charge < -0.3 is 21.5 Å². The van der Waals surface area contributed by atoms with Gasteiger partial charge in [0.1, 0.15) is 5.82 Å². The fraction of sp³-hybridized carbons (Fsp3) is 0.333. The highest BCUT2D eigenvalue weighted by Crippen LogP contribution is 2.28. The summed E-state index contributed by atoms with van der Waals surface area (Å²) in [6, 6.07) is 10.5. The molecule has 2 atom stereocenters. The van der Waals surface area contributed by atoms with E-state index in [0.29, 0.717) is 12.0 Å². The Labute approximate surface area is 153 Å². The molecule has 0 spiro atoms. The summed E-state index contributed by atoms with van der Waals surface area (Å²) in [4.78, 5) is 12.8. The summed E-state index contributed by atoms with van der Waals surface area (Å²) in [6.45, 7) is 3.26. The summed E-state index contributed by atoms with van der Waals surface area (Å²) in [5.41, 5.74) is 10.7. The molecule has 7 heteroatoms. The maximum absolute atomic E-state index is 5.88. The van der Waals surface area contributed by atoms with Crippen molar-refractivity contribution in [3.05, 3.63) is 42.4 Å².